The Bertz CT molecular complexity index is 416. The zero-order chi connectivity index (χ0) is 12.9. The van der Waals surface area contributed by atoms with E-state index in [0.717, 1.165) is 12.8 Å². The summed E-state index contributed by atoms with van der Waals surface area (Å²) in [6.45, 7) is 0. The first kappa shape index (κ1) is 13.9. The van der Waals surface area contributed by atoms with Crippen molar-refractivity contribution in [2.75, 3.05) is 5.75 Å². The number of nitrogens with one attached hydrogen (secondary N) is 1. The second-order valence-electron chi connectivity index (χ2n) is 4.32. The van der Waals surface area contributed by atoms with E-state index in [0.29, 0.717) is 12.8 Å². The SMILES string of the molecule is N#CCS(=O)(=O)NC1(C(=O)O)CCCCCC1. The standard InChI is InChI=1S/C10H16N2O4S/c11-7-8-17(15,16)12-10(9(13)14)5-3-1-2-4-6-10/h12H,1-6,8H2,(H,13,14). The van der Waals surface area contributed by atoms with Gasteiger partial charge in [0.2, 0.25) is 10.0 Å². The number of carbonyl (C=O) groups is 1. The number of hydrogen-bond acceptors (Lipinski definition) is 4. The number of nitrogens with zero attached hydrogens (tertiary/aromatic N) is 1. The fraction of sp³-hybridized carbons (Fsp3) is 0.800. The molecule has 0 spiro atoms. The third kappa shape index (κ3) is 3.68. The summed E-state index contributed by atoms with van der Waals surface area (Å²) in [7, 11) is -3.84. The second kappa shape index (κ2) is 5.47. The highest BCUT2D eigenvalue weighted by Gasteiger charge is 2.41. The molecule has 17 heavy (non-hydrogen) atoms. The van der Waals surface area contributed by atoms with Crippen LogP contribution in [-0.4, -0.2) is 30.8 Å². The minimum atomic E-state index is -3.84. The molecular formula is C10H16N2O4S. The molecule has 0 aromatic rings. The summed E-state index contributed by atoms with van der Waals surface area (Å²) in [4.78, 5) is 11.3. The molecule has 0 bridgehead atoms. The minimum absolute atomic E-state index is 0.285. The van der Waals surface area contributed by atoms with Gasteiger partial charge in [-0.3, -0.25) is 4.79 Å². The lowest BCUT2D eigenvalue weighted by Gasteiger charge is -2.28. The molecule has 0 aromatic carbocycles. The van der Waals surface area contributed by atoms with Crippen molar-refractivity contribution in [3.63, 3.8) is 0 Å². The van der Waals surface area contributed by atoms with E-state index in [9.17, 15) is 18.3 Å². The van der Waals surface area contributed by atoms with Crippen molar-refractivity contribution in [3.8, 4) is 6.07 Å². The third-order valence-corrected chi connectivity index (χ3v) is 4.18. The van der Waals surface area contributed by atoms with Crippen molar-refractivity contribution in [1.29, 1.82) is 5.26 Å². The van der Waals surface area contributed by atoms with Crippen molar-refractivity contribution >= 4 is 16.0 Å². The molecule has 0 saturated heterocycles. The largest absolute Gasteiger partial charge is 0.480 e. The molecule has 0 aliphatic heterocycles. The molecule has 0 aromatic heterocycles. The number of carboxylic acids is 1. The van der Waals surface area contributed by atoms with Gasteiger partial charge < -0.3 is 5.11 Å². The Morgan fingerprint density at radius 2 is 1.82 bits per heavy atom. The van der Waals surface area contributed by atoms with Gasteiger partial charge in [-0.25, -0.2) is 8.42 Å². The normalized spacial score (nSPS) is 20.2. The quantitative estimate of drug-likeness (QED) is 0.720. The third-order valence-electron chi connectivity index (χ3n) is 2.97. The molecule has 1 aliphatic carbocycles. The van der Waals surface area contributed by atoms with Crippen LogP contribution in [0.3, 0.4) is 0 Å². The van der Waals surface area contributed by atoms with Crippen molar-refractivity contribution in [1.82, 2.24) is 4.72 Å². The zero-order valence-electron chi connectivity index (χ0n) is 9.48. The van der Waals surface area contributed by atoms with Crippen LogP contribution in [0.15, 0.2) is 0 Å². The molecule has 0 atom stereocenters. The summed E-state index contributed by atoms with van der Waals surface area (Å²) in [5.74, 6) is -1.86. The van der Waals surface area contributed by atoms with Crippen LogP contribution >= 0.6 is 0 Å². The van der Waals surface area contributed by atoms with Crippen LogP contribution in [0.5, 0.6) is 0 Å². The van der Waals surface area contributed by atoms with Gasteiger partial charge in [-0.05, 0) is 12.8 Å². The first-order chi connectivity index (χ1) is 7.92. The molecule has 0 radical (unpaired) electrons. The van der Waals surface area contributed by atoms with Gasteiger partial charge >= 0.3 is 5.97 Å². The van der Waals surface area contributed by atoms with E-state index in [4.69, 9.17) is 5.26 Å². The van der Waals surface area contributed by atoms with Crippen molar-refractivity contribution < 1.29 is 18.3 Å². The smallest absolute Gasteiger partial charge is 0.324 e. The number of nitriles is 1. The Morgan fingerprint density at radius 1 is 1.29 bits per heavy atom. The molecule has 1 rings (SSSR count). The molecule has 0 amide bonds. The van der Waals surface area contributed by atoms with E-state index in [1.165, 1.54) is 6.07 Å². The van der Waals surface area contributed by atoms with Crippen molar-refractivity contribution in [2.24, 2.45) is 0 Å². The van der Waals surface area contributed by atoms with Gasteiger partial charge in [0.25, 0.3) is 0 Å². The molecular weight excluding hydrogens is 244 g/mol. The molecule has 1 fully saturated rings. The van der Waals surface area contributed by atoms with Gasteiger partial charge in [0.05, 0.1) is 6.07 Å². The summed E-state index contributed by atoms with van der Waals surface area (Å²) in [6.07, 6.45) is 3.76. The highest BCUT2D eigenvalue weighted by molar-refractivity contribution is 7.89. The monoisotopic (exact) mass is 260 g/mol. The zero-order valence-corrected chi connectivity index (χ0v) is 10.3. The van der Waals surface area contributed by atoms with Crippen LogP contribution in [0.1, 0.15) is 38.5 Å². The lowest BCUT2D eigenvalue weighted by Crippen LogP contribution is -2.54. The summed E-state index contributed by atoms with van der Waals surface area (Å²) >= 11 is 0. The highest BCUT2D eigenvalue weighted by atomic mass is 32.2. The van der Waals surface area contributed by atoms with Crippen LogP contribution < -0.4 is 4.72 Å². The van der Waals surface area contributed by atoms with Crippen LogP contribution in [-0.2, 0) is 14.8 Å². The Balaban J connectivity index is 2.92. The Kier molecular flexibility index (Phi) is 4.48. The van der Waals surface area contributed by atoms with Gasteiger partial charge in [-0.1, -0.05) is 25.7 Å². The molecule has 7 heteroatoms. The van der Waals surface area contributed by atoms with E-state index in [-0.39, 0.29) is 12.8 Å². The van der Waals surface area contributed by atoms with Crippen LogP contribution in [0.25, 0.3) is 0 Å². The van der Waals surface area contributed by atoms with Gasteiger partial charge in [0, 0.05) is 0 Å². The van der Waals surface area contributed by atoms with E-state index in [1.807, 2.05) is 0 Å². The van der Waals surface area contributed by atoms with Gasteiger partial charge in [0.15, 0.2) is 5.75 Å². The molecule has 1 saturated carbocycles. The topological polar surface area (TPSA) is 107 Å². The maximum absolute atomic E-state index is 11.5. The van der Waals surface area contributed by atoms with Gasteiger partial charge in [0.1, 0.15) is 5.54 Å². The summed E-state index contributed by atoms with van der Waals surface area (Å²) in [5, 5.41) is 17.6. The van der Waals surface area contributed by atoms with Crippen molar-refractivity contribution in [3.05, 3.63) is 0 Å². The molecule has 1 aliphatic rings. The van der Waals surface area contributed by atoms with Gasteiger partial charge in [-0.15, -0.1) is 0 Å². The van der Waals surface area contributed by atoms with E-state index in [2.05, 4.69) is 4.72 Å². The lowest BCUT2D eigenvalue weighted by atomic mass is 9.92. The van der Waals surface area contributed by atoms with Crippen LogP contribution in [0.4, 0.5) is 0 Å². The van der Waals surface area contributed by atoms with E-state index in [1.54, 1.807) is 0 Å². The lowest BCUT2D eigenvalue weighted by molar-refractivity contribution is -0.144. The second-order valence-corrected chi connectivity index (χ2v) is 6.04. The highest BCUT2D eigenvalue weighted by Crippen LogP contribution is 2.28. The molecule has 2 N–H and O–H groups in total. The maximum atomic E-state index is 11.5. The molecule has 0 unspecified atom stereocenters. The summed E-state index contributed by atoms with van der Waals surface area (Å²) in [5.41, 5.74) is -1.42. The average molecular weight is 260 g/mol. The summed E-state index contributed by atoms with van der Waals surface area (Å²) in [6, 6.07) is 1.53. The summed E-state index contributed by atoms with van der Waals surface area (Å²) < 4.78 is 25.2. The predicted octanol–water partition coefficient (Wildman–Crippen LogP) is 0.607. The molecule has 6 nitrogen and oxygen atoms in total. The Labute approximate surface area is 101 Å². The first-order valence-corrected chi connectivity index (χ1v) is 7.19. The number of carboxylic acid groups (broad SMARTS) is 1. The fourth-order valence-corrected chi connectivity index (χ4v) is 3.24. The number of rotatable bonds is 4. The maximum Gasteiger partial charge on any atom is 0.324 e. The van der Waals surface area contributed by atoms with Crippen molar-refractivity contribution in [2.45, 2.75) is 44.1 Å². The molecule has 0 heterocycles. The van der Waals surface area contributed by atoms with E-state index >= 15 is 0 Å². The predicted molar refractivity (Wildman–Crippen MR) is 60.6 cm³/mol. The first-order valence-electron chi connectivity index (χ1n) is 5.54. The minimum Gasteiger partial charge on any atom is -0.480 e. The Hall–Kier alpha value is -1.13. The van der Waals surface area contributed by atoms with Crippen LogP contribution in [0.2, 0.25) is 0 Å². The average Bonchev–Trinajstić information content (AvgIpc) is 2.43. The number of sulfonamides is 1. The number of aliphatic carboxylic acids is 1. The Morgan fingerprint density at radius 3 is 2.24 bits per heavy atom. The van der Waals surface area contributed by atoms with Gasteiger partial charge in [-0.2, -0.15) is 9.98 Å². The molecule has 96 valence electrons. The fourth-order valence-electron chi connectivity index (χ4n) is 2.11. The van der Waals surface area contributed by atoms with E-state index < -0.39 is 27.3 Å². The van der Waals surface area contributed by atoms with Crippen LogP contribution in [0, 0.1) is 11.3 Å². The number of hydrogen-bond donors (Lipinski definition) is 2.